The van der Waals surface area contributed by atoms with Crippen molar-refractivity contribution < 1.29 is 17.5 Å². The van der Waals surface area contributed by atoms with Gasteiger partial charge >= 0.3 is 0 Å². The molecule has 0 heterocycles. The summed E-state index contributed by atoms with van der Waals surface area (Å²) in [4.78, 5) is 0.0243. The lowest BCUT2D eigenvalue weighted by atomic mass is 10.4. The number of hydrogen-bond acceptors (Lipinski definition) is 3. The number of ether oxygens (including phenoxy) is 1. The molecule has 1 aromatic rings. The molecule has 0 aliphatic carbocycles. The minimum absolute atomic E-state index is 0.0243. The van der Waals surface area contributed by atoms with Gasteiger partial charge in [0.25, 0.3) is 0 Å². The third-order valence-corrected chi connectivity index (χ3v) is 3.52. The van der Waals surface area contributed by atoms with Crippen LogP contribution in [-0.2, 0) is 14.8 Å². The number of sulfonamides is 1. The molecule has 0 radical (unpaired) electrons. The smallest absolute Gasteiger partial charge is 0.240 e. The topological polar surface area (TPSA) is 55.4 Å². The van der Waals surface area contributed by atoms with Gasteiger partial charge in [-0.1, -0.05) is 0 Å². The Balaban J connectivity index is 2.48. The van der Waals surface area contributed by atoms with E-state index in [-0.39, 0.29) is 18.0 Å². The van der Waals surface area contributed by atoms with Crippen LogP contribution in [-0.4, -0.2) is 34.1 Å². The van der Waals surface area contributed by atoms with E-state index in [1.54, 1.807) is 0 Å². The zero-order chi connectivity index (χ0) is 12.7. The summed E-state index contributed by atoms with van der Waals surface area (Å²) in [5.41, 5.74) is 0. The van der Waals surface area contributed by atoms with Gasteiger partial charge < -0.3 is 4.74 Å². The Bertz CT molecular complexity index is 435. The second-order valence-corrected chi connectivity index (χ2v) is 5.30. The molecule has 1 N–H and O–H groups in total. The van der Waals surface area contributed by atoms with Gasteiger partial charge in [0, 0.05) is 12.4 Å². The summed E-state index contributed by atoms with van der Waals surface area (Å²) in [5, 5.41) is 0. The van der Waals surface area contributed by atoms with Crippen LogP contribution in [0.5, 0.6) is 0 Å². The molecule has 0 spiro atoms. The Morgan fingerprint density at radius 3 is 2.47 bits per heavy atom. The van der Waals surface area contributed by atoms with Crippen LogP contribution in [0.1, 0.15) is 0 Å². The van der Waals surface area contributed by atoms with Crippen LogP contribution >= 0.6 is 11.6 Å². The van der Waals surface area contributed by atoms with Crippen molar-refractivity contribution in [2.24, 2.45) is 0 Å². The summed E-state index contributed by atoms with van der Waals surface area (Å²) in [7, 11) is -3.59. The monoisotopic (exact) mass is 281 g/mol. The van der Waals surface area contributed by atoms with Crippen LogP contribution in [0, 0.1) is 5.82 Å². The Labute approximate surface area is 105 Å². The van der Waals surface area contributed by atoms with Gasteiger partial charge in [0.15, 0.2) is 0 Å². The average Bonchev–Trinajstić information content (AvgIpc) is 2.29. The fourth-order valence-electron chi connectivity index (χ4n) is 1.10. The van der Waals surface area contributed by atoms with Crippen LogP contribution in [0.25, 0.3) is 0 Å². The highest BCUT2D eigenvalue weighted by molar-refractivity contribution is 7.89. The summed E-state index contributed by atoms with van der Waals surface area (Å²) in [6, 6.07) is 4.60. The number of nitrogens with one attached hydrogen (secondary N) is 1. The zero-order valence-corrected chi connectivity index (χ0v) is 10.6. The molecule has 0 aliphatic rings. The average molecular weight is 282 g/mol. The van der Waals surface area contributed by atoms with Gasteiger partial charge in [-0.2, -0.15) is 0 Å². The van der Waals surface area contributed by atoms with Crippen molar-refractivity contribution in [3.05, 3.63) is 30.1 Å². The fraction of sp³-hybridized carbons (Fsp3) is 0.400. The summed E-state index contributed by atoms with van der Waals surface area (Å²) in [6.45, 7) is 0.767. The molecule has 1 rings (SSSR count). The van der Waals surface area contributed by atoms with Crippen molar-refractivity contribution >= 4 is 21.6 Å². The minimum atomic E-state index is -3.59. The standard InChI is InChI=1S/C10H13ClFNO3S/c11-5-7-16-8-6-13-17(14,15)10-3-1-9(12)2-4-10/h1-4,13H,5-8H2. The fourth-order valence-corrected chi connectivity index (χ4v) is 2.22. The van der Waals surface area contributed by atoms with E-state index in [0.29, 0.717) is 12.5 Å². The first-order chi connectivity index (χ1) is 8.06. The van der Waals surface area contributed by atoms with E-state index in [2.05, 4.69) is 4.72 Å². The molecule has 0 atom stereocenters. The maximum absolute atomic E-state index is 12.6. The van der Waals surface area contributed by atoms with E-state index in [1.807, 2.05) is 0 Å². The lowest BCUT2D eigenvalue weighted by Gasteiger charge is -2.06. The molecule has 0 amide bonds. The highest BCUT2D eigenvalue weighted by Gasteiger charge is 2.12. The predicted octanol–water partition coefficient (Wildman–Crippen LogP) is 1.36. The highest BCUT2D eigenvalue weighted by atomic mass is 35.5. The summed E-state index contributed by atoms with van der Waals surface area (Å²) < 4.78 is 43.3. The normalized spacial score (nSPS) is 11.6. The minimum Gasteiger partial charge on any atom is -0.379 e. The third-order valence-electron chi connectivity index (χ3n) is 1.88. The molecular weight excluding hydrogens is 269 g/mol. The Morgan fingerprint density at radius 1 is 1.24 bits per heavy atom. The van der Waals surface area contributed by atoms with E-state index in [9.17, 15) is 12.8 Å². The van der Waals surface area contributed by atoms with Gasteiger partial charge in [0.05, 0.1) is 18.1 Å². The lowest BCUT2D eigenvalue weighted by molar-refractivity contribution is 0.155. The lowest BCUT2D eigenvalue weighted by Crippen LogP contribution is -2.27. The van der Waals surface area contributed by atoms with E-state index < -0.39 is 15.8 Å². The molecule has 0 saturated heterocycles. The Morgan fingerprint density at radius 2 is 1.88 bits per heavy atom. The molecule has 0 bridgehead atoms. The van der Waals surface area contributed by atoms with Crippen molar-refractivity contribution in [2.75, 3.05) is 25.6 Å². The molecule has 1 aromatic carbocycles. The SMILES string of the molecule is O=S(=O)(NCCOCCCl)c1ccc(F)cc1. The van der Waals surface area contributed by atoms with Crippen LogP contribution < -0.4 is 4.72 Å². The van der Waals surface area contributed by atoms with Crippen LogP contribution in [0.3, 0.4) is 0 Å². The summed E-state index contributed by atoms with van der Waals surface area (Å²) in [6.07, 6.45) is 0. The molecule has 0 aromatic heterocycles. The van der Waals surface area contributed by atoms with Gasteiger partial charge in [0.1, 0.15) is 5.82 Å². The number of hydrogen-bond donors (Lipinski definition) is 1. The van der Waals surface area contributed by atoms with Crippen molar-refractivity contribution in [1.29, 1.82) is 0 Å². The highest BCUT2D eigenvalue weighted by Crippen LogP contribution is 2.08. The zero-order valence-electron chi connectivity index (χ0n) is 9.03. The van der Waals surface area contributed by atoms with Gasteiger partial charge in [0.2, 0.25) is 10.0 Å². The van der Waals surface area contributed by atoms with Gasteiger partial charge in [-0.15, -0.1) is 11.6 Å². The molecule has 4 nitrogen and oxygen atoms in total. The maximum atomic E-state index is 12.6. The maximum Gasteiger partial charge on any atom is 0.240 e. The van der Waals surface area contributed by atoms with Crippen molar-refractivity contribution in [2.45, 2.75) is 4.90 Å². The number of alkyl halides is 1. The van der Waals surface area contributed by atoms with Crippen LogP contribution in [0.2, 0.25) is 0 Å². The third kappa shape index (κ3) is 4.99. The number of benzene rings is 1. The largest absolute Gasteiger partial charge is 0.379 e. The van der Waals surface area contributed by atoms with E-state index >= 15 is 0 Å². The van der Waals surface area contributed by atoms with Crippen molar-refractivity contribution in [3.8, 4) is 0 Å². The van der Waals surface area contributed by atoms with E-state index in [0.717, 1.165) is 12.1 Å². The Kier molecular flexibility index (Phi) is 5.84. The Hall–Kier alpha value is -0.690. The van der Waals surface area contributed by atoms with Crippen LogP contribution in [0.4, 0.5) is 4.39 Å². The molecule has 0 saturated carbocycles. The molecular formula is C10H13ClFNO3S. The van der Waals surface area contributed by atoms with Gasteiger partial charge in [-0.3, -0.25) is 0 Å². The molecule has 0 aliphatic heterocycles. The van der Waals surface area contributed by atoms with Gasteiger partial charge in [-0.25, -0.2) is 17.5 Å². The second kappa shape index (κ2) is 6.90. The molecule has 7 heteroatoms. The molecule has 0 unspecified atom stereocenters. The summed E-state index contributed by atoms with van der Waals surface area (Å²) in [5.74, 6) is -0.112. The van der Waals surface area contributed by atoms with E-state index in [4.69, 9.17) is 16.3 Å². The first-order valence-corrected chi connectivity index (χ1v) is 6.97. The van der Waals surface area contributed by atoms with Gasteiger partial charge in [-0.05, 0) is 24.3 Å². The first kappa shape index (κ1) is 14.4. The number of halogens is 2. The van der Waals surface area contributed by atoms with Crippen molar-refractivity contribution in [1.82, 2.24) is 4.72 Å². The van der Waals surface area contributed by atoms with Crippen LogP contribution in [0.15, 0.2) is 29.2 Å². The molecule has 96 valence electrons. The summed E-state index contributed by atoms with van der Waals surface area (Å²) >= 11 is 5.38. The molecule has 17 heavy (non-hydrogen) atoms. The predicted molar refractivity (Wildman–Crippen MR) is 63.1 cm³/mol. The molecule has 0 fully saturated rings. The first-order valence-electron chi connectivity index (χ1n) is 4.95. The van der Waals surface area contributed by atoms with Crippen molar-refractivity contribution in [3.63, 3.8) is 0 Å². The number of rotatable bonds is 7. The quantitative estimate of drug-likeness (QED) is 0.606. The van der Waals surface area contributed by atoms with E-state index in [1.165, 1.54) is 12.1 Å². The second-order valence-electron chi connectivity index (χ2n) is 3.15.